The Morgan fingerprint density at radius 3 is 3.30 bits per heavy atom. The Kier molecular flexibility index (Phi) is 1.50. The highest BCUT2D eigenvalue weighted by atomic mass is 79.9. The number of hydrogen-bond acceptors (Lipinski definition) is 3. The van der Waals surface area contributed by atoms with Crippen LogP contribution >= 0.6 is 15.9 Å². The summed E-state index contributed by atoms with van der Waals surface area (Å²) < 4.78 is 5.25. The summed E-state index contributed by atoms with van der Waals surface area (Å²) in [7, 11) is 0. The van der Waals surface area contributed by atoms with Gasteiger partial charge in [0, 0.05) is 28.9 Å². The summed E-state index contributed by atoms with van der Waals surface area (Å²) in [5, 5.41) is 3.20. The van der Waals surface area contributed by atoms with Crippen LogP contribution in [-0.4, -0.2) is 11.5 Å². The fourth-order valence-electron chi connectivity index (χ4n) is 1.09. The van der Waals surface area contributed by atoms with E-state index in [2.05, 4.69) is 26.2 Å². The van der Waals surface area contributed by atoms with E-state index in [0.717, 1.165) is 31.0 Å². The maximum Gasteiger partial charge on any atom is 0.264 e. The van der Waals surface area contributed by atoms with Crippen LogP contribution in [0.5, 0.6) is 0 Å². The number of hydrogen-bond donors (Lipinski definition) is 1. The van der Waals surface area contributed by atoms with Crippen molar-refractivity contribution in [3.8, 4) is 0 Å². The zero-order chi connectivity index (χ0) is 6.97. The molecule has 0 atom stereocenters. The highest BCUT2D eigenvalue weighted by Gasteiger charge is 2.14. The predicted molar refractivity (Wildman–Crippen MR) is 39.6 cm³/mol. The van der Waals surface area contributed by atoms with Crippen molar-refractivity contribution >= 4 is 15.9 Å². The molecular weight excluding hydrogens is 196 g/mol. The molecule has 0 saturated carbocycles. The van der Waals surface area contributed by atoms with Crippen LogP contribution in [0.4, 0.5) is 0 Å². The smallest absolute Gasteiger partial charge is 0.264 e. The monoisotopic (exact) mass is 202 g/mol. The van der Waals surface area contributed by atoms with Crippen molar-refractivity contribution in [1.82, 2.24) is 10.3 Å². The van der Waals surface area contributed by atoms with Crippen molar-refractivity contribution in [2.45, 2.75) is 13.0 Å². The van der Waals surface area contributed by atoms with Crippen LogP contribution in [0.25, 0.3) is 0 Å². The van der Waals surface area contributed by atoms with Gasteiger partial charge in [-0.1, -0.05) is 0 Å². The molecule has 1 aliphatic rings. The molecule has 0 fully saturated rings. The number of halogens is 1. The minimum atomic E-state index is 0.598. The second kappa shape index (κ2) is 2.36. The topological polar surface area (TPSA) is 38.1 Å². The lowest BCUT2D eigenvalue weighted by Gasteiger charge is -2.07. The van der Waals surface area contributed by atoms with Crippen LogP contribution in [0.2, 0.25) is 0 Å². The number of rotatable bonds is 0. The molecule has 3 nitrogen and oxygen atoms in total. The number of nitrogens with zero attached hydrogens (tertiary/aromatic N) is 1. The summed E-state index contributed by atoms with van der Waals surface area (Å²) in [5.41, 5.74) is 1.09. The van der Waals surface area contributed by atoms with Gasteiger partial charge in [0.2, 0.25) is 0 Å². The fraction of sp³-hybridized carbons (Fsp3) is 0.500. The van der Waals surface area contributed by atoms with E-state index >= 15 is 0 Å². The molecule has 54 valence electrons. The third kappa shape index (κ3) is 0.973. The zero-order valence-corrected chi connectivity index (χ0v) is 6.94. The van der Waals surface area contributed by atoms with Gasteiger partial charge in [-0.3, -0.25) is 0 Å². The standard InChI is InChI=1S/C6H7BrN2O/c7-6-9-4-1-2-8-3-5(4)10-6/h8H,1-3H2. The molecule has 0 amide bonds. The molecule has 1 aromatic heterocycles. The largest absolute Gasteiger partial charge is 0.435 e. The Balaban J connectivity index is 2.41. The van der Waals surface area contributed by atoms with Crippen molar-refractivity contribution in [3.05, 3.63) is 16.3 Å². The molecule has 10 heavy (non-hydrogen) atoms. The second-order valence-corrected chi connectivity index (χ2v) is 2.94. The Labute approximate surface area is 67.0 Å². The lowest BCUT2D eigenvalue weighted by molar-refractivity contribution is 0.446. The summed E-state index contributed by atoms with van der Waals surface area (Å²) in [6.45, 7) is 1.82. The number of oxazole rings is 1. The predicted octanol–water partition coefficient (Wildman–Crippen LogP) is 1.08. The first-order chi connectivity index (χ1) is 4.86. The molecule has 1 aromatic rings. The Hall–Kier alpha value is -0.350. The summed E-state index contributed by atoms with van der Waals surface area (Å²) in [6, 6.07) is 0. The number of nitrogens with one attached hydrogen (secondary N) is 1. The van der Waals surface area contributed by atoms with E-state index < -0.39 is 0 Å². The van der Waals surface area contributed by atoms with Crippen LogP contribution in [0.1, 0.15) is 11.5 Å². The Morgan fingerprint density at radius 2 is 2.50 bits per heavy atom. The van der Waals surface area contributed by atoms with Gasteiger partial charge in [-0.2, -0.15) is 0 Å². The van der Waals surface area contributed by atoms with Gasteiger partial charge >= 0.3 is 0 Å². The molecule has 2 rings (SSSR count). The van der Waals surface area contributed by atoms with Crippen molar-refractivity contribution < 1.29 is 4.42 Å². The Bertz CT molecular complexity index is 222. The van der Waals surface area contributed by atoms with E-state index in [1.54, 1.807) is 0 Å². The molecule has 1 aliphatic heterocycles. The fourth-order valence-corrected chi connectivity index (χ4v) is 1.50. The van der Waals surface area contributed by atoms with E-state index in [-0.39, 0.29) is 0 Å². The van der Waals surface area contributed by atoms with Gasteiger partial charge in [0.15, 0.2) is 0 Å². The van der Waals surface area contributed by atoms with Crippen LogP contribution in [0.15, 0.2) is 9.22 Å². The molecular formula is C6H7BrN2O. The third-order valence-electron chi connectivity index (χ3n) is 1.58. The van der Waals surface area contributed by atoms with Gasteiger partial charge in [-0.15, -0.1) is 0 Å². The van der Waals surface area contributed by atoms with E-state index in [0.29, 0.717) is 4.80 Å². The van der Waals surface area contributed by atoms with E-state index in [4.69, 9.17) is 4.42 Å². The summed E-state index contributed by atoms with van der Waals surface area (Å²) in [6.07, 6.45) is 0.977. The summed E-state index contributed by atoms with van der Waals surface area (Å²) in [5.74, 6) is 0.970. The SMILES string of the molecule is Brc1nc2c(o1)CNCC2. The normalized spacial score (nSPS) is 16.9. The summed E-state index contributed by atoms with van der Waals surface area (Å²) >= 11 is 3.19. The lowest BCUT2D eigenvalue weighted by atomic mass is 10.2. The average molecular weight is 203 g/mol. The number of fused-ring (bicyclic) bond motifs is 1. The highest BCUT2D eigenvalue weighted by molar-refractivity contribution is 9.10. The average Bonchev–Trinajstić information content (AvgIpc) is 2.27. The molecule has 0 bridgehead atoms. The molecule has 0 saturated heterocycles. The first-order valence-corrected chi connectivity index (χ1v) is 4.00. The second-order valence-electron chi connectivity index (χ2n) is 2.26. The van der Waals surface area contributed by atoms with Crippen molar-refractivity contribution in [3.63, 3.8) is 0 Å². The molecule has 0 unspecified atom stereocenters. The van der Waals surface area contributed by atoms with Crippen LogP contribution in [-0.2, 0) is 13.0 Å². The molecule has 0 aliphatic carbocycles. The lowest BCUT2D eigenvalue weighted by Crippen LogP contribution is -2.22. The van der Waals surface area contributed by atoms with E-state index in [1.165, 1.54) is 0 Å². The molecule has 0 spiro atoms. The van der Waals surface area contributed by atoms with Gasteiger partial charge in [-0.05, 0) is 0 Å². The van der Waals surface area contributed by atoms with E-state index in [9.17, 15) is 0 Å². The van der Waals surface area contributed by atoms with Crippen LogP contribution in [0.3, 0.4) is 0 Å². The van der Waals surface area contributed by atoms with Gasteiger partial charge in [0.05, 0.1) is 12.2 Å². The number of aromatic nitrogens is 1. The molecule has 0 aromatic carbocycles. The highest BCUT2D eigenvalue weighted by Crippen LogP contribution is 2.17. The van der Waals surface area contributed by atoms with Gasteiger partial charge in [-0.25, -0.2) is 4.98 Å². The van der Waals surface area contributed by atoms with Gasteiger partial charge in [0.25, 0.3) is 4.80 Å². The molecule has 0 radical (unpaired) electrons. The van der Waals surface area contributed by atoms with E-state index in [1.807, 2.05) is 0 Å². The van der Waals surface area contributed by atoms with Crippen molar-refractivity contribution in [2.24, 2.45) is 0 Å². The first kappa shape index (κ1) is 6.37. The quantitative estimate of drug-likeness (QED) is 0.685. The molecule has 2 heterocycles. The van der Waals surface area contributed by atoms with Gasteiger partial charge in [0.1, 0.15) is 5.76 Å². The minimum absolute atomic E-state index is 0.598. The maximum atomic E-state index is 5.25. The summed E-state index contributed by atoms with van der Waals surface area (Å²) in [4.78, 5) is 4.76. The van der Waals surface area contributed by atoms with Crippen molar-refractivity contribution in [1.29, 1.82) is 0 Å². The zero-order valence-electron chi connectivity index (χ0n) is 5.35. The first-order valence-electron chi connectivity index (χ1n) is 3.21. The van der Waals surface area contributed by atoms with Crippen LogP contribution in [0, 0.1) is 0 Å². The molecule has 1 N–H and O–H groups in total. The Morgan fingerprint density at radius 1 is 1.60 bits per heavy atom. The molecule has 4 heteroatoms. The minimum Gasteiger partial charge on any atom is -0.435 e. The van der Waals surface area contributed by atoms with Crippen molar-refractivity contribution in [2.75, 3.05) is 6.54 Å². The van der Waals surface area contributed by atoms with Crippen LogP contribution < -0.4 is 5.32 Å². The van der Waals surface area contributed by atoms with Gasteiger partial charge < -0.3 is 9.73 Å². The maximum absolute atomic E-state index is 5.25. The third-order valence-corrected chi connectivity index (χ3v) is 1.92.